The third kappa shape index (κ3) is 3.68. The Labute approximate surface area is 170 Å². The van der Waals surface area contributed by atoms with E-state index in [4.69, 9.17) is 4.52 Å². The summed E-state index contributed by atoms with van der Waals surface area (Å²) in [6, 6.07) is 18.0. The van der Waals surface area contributed by atoms with Crippen molar-refractivity contribution in [1.29, 1.82) is 0 Å². The molecular weight excluding hydrogens is 364 g/mol. The van der Waals surface area contributed by atoms with Crippen molar-refractivity contribution in [2.24, 2.45) is 0 Å². The fourth-order valence-electron chi connectivity index (χ4n) is 4.33. The first-order valence-corrected chi connectivity index (χ1v) is 10.3. The second-order valence-electron chi connectivity index (χ2n) is 7.81. The predicted octanol–water partition coefficient (Wildman–Crippen LogP) is 3.29. The van der Waals surface area contributed by atoms with Crippen molar-refractivity contribution in [3.63, 3.8) is 0 Å². The summed E-state index contributed by atoms with van der Waals surface area (Å²) in [4.78, 5) is 22.0. The normalized spacial score (nSPS) is 19.3. The fourth-order valence-corrected chi connectivity index (χ4v) is 4.33. The van der Waals surface area contributed by atoms with Crippen LogP contribution in [-0.2, 0) is 24.3 Å². The molecule has 6 nitrogen and oxygen atoms in total. The molecule has 1 unspecified atom stereocenters. The van der Waals surface area contributed by atoms with Crippen molar-refractivity contribution >= 4 is 5.91 Å². The zero-order valence-corrected chi connectivity index (χ0v) is 16.3. The number of hydrogen-bond acceptors (Lipinski definition) is 5. The van der Waals surface area contributed by atoms with Gasteiger partial charge in [0.05, 0.1) is 12.6 Å². The summed E-state index contributed by atoms with van der Waals surface area (Å²) in [5, 5.41) is 4.18. The van der Waals surface area contributed by atoms with Crippen LogP contribution in [0.5, 0.6) is 0 Å². The number of fused-ring (bicyclic) bond motifs is 1. The number of rotatable bonds is 4. The average molecular weight is 388 g/mol. The molecule has 1 atom stereocenters. The van der Waals surface area contributed by atoms with Crippen molar-refractivity contribution in [3.8, 4) is 11.5 Å². The fraction of sp³-hybridized carbons (Fsp3) is 0.348. The average Bonchev–Trinajstić information content (AvgIpc) is 3.46. The Morgan fingerprint density at radius 2 is 1.72 bits per heavy atom. The molecule has 1 fully saturated rings. The highest BCUT2D eigenvalue weighted by atomic mass is 16.5. The molecule has 1 saturated heterocycles. The Hall–Kier alpha value is -2.99. The van der Waals surface area contributed by atoms with Crippen LogP contribution in [0.3, 0.4) is 0 Å². The minimum atomic E-state index is -0.179. The summed E-state index contributed by atoms with van der Waals surface area (Å²) in [7, 11) is 0. The lowest BCUT2D eigenvalue weighted by molar-refractivity contribution is -0.136. The third-order valence-electron chi connectivity index (χ3n) is 5.88. The molecule has 6 heteroatoms. The lowest BCUT2D eigenvalue weighted by Crippen LogP contribution is -2.50. The van der Waals surface area contributed by atoms with Gasteiger partial charge < -0.3 is 9.42 Å². The standard InChI is InChI=1S/C23H24N4O2/c28-23(26-12-6-7-13-26)20-14-18-10-4-5-11-19(18)15-27(20)16-21-24-22(29-25-21)17-8-2-1-3-9-17/h1-5,8-11,20H,6-7,12-16H2. The van der Waals surface area contributed by atoms with E-state index in [9.17, 15) is 4.79 Å². The highest BCUT2D eigenvalue weighted by molar-refractivity contribution is 5.82. The maximum absolute atomic E-state index is 13.3. The largest absolute Gasteiger partial charge is 0.341 e. The Morgan fingerprint density at radius 1 is 1.00 bits per heavy atom. The molecule has 0 saturated carbocycles. The van der Waals surface area contributed by atoms with Crippen LogP contribution in [-0.4, -0.2) is 45.0 Å². The number of amides is 1. The van der Waals surface area contributed by atoms with Gasteiger partial charge in [-0.3, -0.25) is 9.69 Å². The van der Waals surface area contributed by atoms with Gasteiger partial charge in [0.2, 0.25) is 5.91 Å². The molecule has 5 rings (SSSR count). The van der Waals surface area contributed by atoms with Gasteiger partial charge in [-0.1, -0.05) is 47.6 Å². The quantitative estimate of drug-likeness (QED) is 0.686. The molecule has 0 radical (unpaired) electrons. The summed E-state index contributed by atoms with van der Waals surface area (Å²) in [5.74, 6) is 1.35. The molecule has 0 N–H and O–H groups in total. The van der Waals surface area contributed by atoms with E-state index in [2.05, 4.69) is 39.3 Å². The predicted molar refractivity (Wildman–Crippen MR) is 109 cm³/mol. The molecule has 0 bridgehead atoms. The van der Waals surface area contributed by atoms with E-state index in [0.29, 0.717) is 18.3 Å². The van der Waals surface area contributed by atoms with Gasteiger partial charge in [0.1, 0.15) is 0 Å². The van der Waals surface area contributed by atoms with Crippen LogP contribution in [0.1, 0.15) is 29.8 Å². The van der Waals surface area contributed by atoms with Crippen molar-refractivity contribution in [2.75, 3.05) is 13.1 Å². The van der Waals surface area contributed by atoms with Crippen LogP contribution in [0.4, 0.5) is 0 Å². The maximum Gasteiger partial charge on any atom is 0.257 e. The topological polar surface area (TPSA) is 62.5 Å². The van der Waals surface area contributed by atoms with Gasteiger partial charge in [0, 0.05) is 25.2 Å². The van der Waals surface area contributed by atoms with E-state index in [1.807, 2.05) is 35.2 Å². The molecule has 148 valence electrons. The molecule has 1 amide bonds. The number of carbonyl (C=O) groups is 1. The third-order valence-corrected chi connectivity index (χ3v) is 5.88. The van der Waals surface area contributed by atoms with Crippen LogP contribution in [0.15, 0.2) is 59.1 Å². The van der Waals surface area contributed by atoms with E-state index in [1.54, 1.807) is 0 Å². The van der Waals surface area contributed by atoms with Crippen LogP contribution < -0.4 is 0 Å². The van der Waals surface area contributed by atoms with Gasteiger partial charge >= 0.3 is 0 Å². The Kier molecular flexibility index (Phi) is 4.86. The van der Waals surface area contributed by atoms with Crippen LogP contribution in [0.25, 0.3) is 11.5 Å². The Balaban J connectivity index is 1.40. The number of nitrogens with zero attached hydrogens (tertiary/aromatic N) is 4. The number of benzene rings is 2. The van der Waals surface area contributed by atoms with Gasteiger partial charge in [-0.25, -0.2) is 0 Å². The molecule has 0 aliphatic carbocycles. The summed E-state index contributed by atoms with van der Waals surface area (Å²) in [5.41, 5.74) is 3.43. The van der Waals surface area contributed by atoms with Crippen molar-refractivity contribution in [1.82, 2.24) is 19.9 Å². The smallest absolute Gasteiger partial charge is 0.257 e. The lowest BCUT2D eigenvalue weighted by atomic mass is 9.93. The van der Waals surface area contributed by atoms with E-state index < -0.39 is 0 Å². The van der Waals surface area contributed by atoms with Gasteiger partial charge in [-0.15, -0.1) is 0 Å². The first kappa shape index (κ1) is 18.1. The van der Waals surface area contributed by atoms with Crippen LogP contribution >= 0.6 is 0 Å². The second kappa shape index (κ2) is 7.79. The molecular formula is C23H24N4O2. The highest BCUT2D eigenvalue weighted by Gasteiger charge is 2.35. The summed E-state index contributed by atoms with van der Waals surface area (Å²) in [6.45, 7) is 2.95. The minimum absolute atomic E-state index is 0.179. The molecule has 2 aliphatic heterocycles. The van der Waals surface area contributed by atoms with Gasteiger partial charge in [-0.05, 0) is 42.5 Å². The molecule has 29 heavy (non-hydrogen) atoms. The Bertz CT molecular complexity index is 995. The van der Waals surface area contributed by atoms with Gasteiger partial charge in [0.15, 0.2) is 5.82 Å². The zero-order valence-electron chi connectivity index (χ0n) is 16.3. The van der Waals surface area contributed by atoms with Gasteiger partial charge in [0.25, 0.3) is 5.89 Å². The van der Waals surface area contributed by atoms with Crippen LogP contribution in [0, 0.1) is 0 Å². The van der Waals surface area contributed by atoms with E-state index in [0.717, 1.165) is 44.5 Å². The number of aromatic nitrogens is 2. The molecule has 0 spiro atoms. The highest BCUT2D eigenvalue weighted by Crippen LogP contribution is 2.27. The Morgan fingerprint density at radius 3 is 2.52 bits per heavy atom. The molecule has 3 heterocycles. The minimum Gasteiger partial charge on any atom is -0.341 e. The van der Waals surface area contributed by atoms with E-state index in [-0.39, 0.29) is 11.9 Å². The van der Waals surface area contributed by atoms with Gasteiger partial charge in [-0.2, -0.15) is 4.98 Å². The maximum atomic E-state index is 13.3. The lowest BCUT2D eigenvalue weighted by Gasteiger charge is -2.37. The van der Waals surface area contributed by atoms with Crippen molar-refractivity contribution < 1.29 is 9.32 Å². The van der Waals surface area contributed by atoms with Crippen LogP contribution in [0.2, 0.25) is 0 Å². The first-order valence-electron chi connectivity index (χ1n) is 10.3. The first-order chi connectivity index (χ1) is 14.3. The summed E-state index contributed by atoms with van der Waals surface area (Å²) < 4.78 is 5.47. The molecule has 2 aliphatic rings. The summed E-state index contributed by atoms with van der Waals surface area (Å²) in [6.07, 6.45) is 2.93. The van der Waals surface area contributed by atoms with Crippen molar-refractivity contribution in [2.45, 2.75) is 38.4 Å². The molecule has 2 aromatic carbocycles. The second-order valence-corrected chi connectivity index (χ2v) is 7.81. The zero-order chi connectivity index (χ0) is 19.6. The van der Waals surface area contributed by atoms with Crippen molar-refractivity contribution in [3.05, 3.63) is 71.5 Å². The molecule has 3 aromatic rings. The number of carbonyl (C=O) groups excluding carboxylic acids is 1. The summed E-state index contributed by atoms with van der Waals surface area (Å²) >= 11 is 0. The monoisotopic (exact) mass is 388 g/mol. The van der Waals surface area contributed by atoms with E-state index in [1.165, 1.54) is 11.1 Å². The number of likely N-dealkylation sites (tertiary alicyclic amines) is 1. The number of hydrogen-bond donors (Lipinski definition) is 0. The van der Waals surface area contributed by atoms with E-state index >= 15 is 0 Å². The SMILES string of the molecule is O=C(C1Cc2ccccc2CN1Cc1noc(-c2ccccc2)n1)N1CCCC1. The molecule has 1 aromatic heterocycles.